The van der Waals surface area contributed by atoms with Crippen LogP contribution in [0.1, 0.15) is 0 Å². The summed E-state index contributed by atoms with van der Waals surface area (Å²) < 4.78 is 53.3. The van der Waals surface area contributed by atoms with E-state index >= 15 is 0 Å². The molecular formula is CuNiO6S4. The van der Waals surface area contributed by atoms with Crippen molar-refractivity contribution in [2.24, 2.45) is 0 Å². The van der Waals surface area contributed by atoms with E-state index in [0.29, 0.717) is 0 Å². The van der Waals surface area contributed by atoms with E-state index in [4.69, 9.17) is 26.6 Å². The zero-order chi connectivity index (χ0) is 9.00. The van der Waals surface area contributed by atoms with E-state index in [1.54, 1.807) is 0 Å². The Bertz CT molecular complexity index is 216. The molecule has 0 saturated carbocycles. The fourth-order valence-corrected chi connectivity index (χ4v) is 0. The molecule has 12 heteroatoms. The van der Waals surface area contributed by atoms with Crippen molar-refractivity contribution in [3.05, 3.63) is 0 Å². The van der Waals surface area contributed by atoms with Crippen LogP contribution in [-0.2, 0) is 74.0 Å². The van der Waals surface area contributed by atoms with Crippen LogP contribution in [0.5, 0.6) is 0 Å². The van der Waals surface area contributed by atoms with Crippen molar-refractivity contribution in [2.75, 3.05) is 0 Å². The standard InChI is InChI=1S/Cu.Ni.2H2O3S2/c;;2*1-5(2,3)4/h;;2*(H2,1,2,3,4)/q2*+2;;/p-4. The molecule has 0 amide bonds. The van der Waals surface area contributed by atoms with Crippen molar-refractivity contribution in [3.63, 3.8) is 0 Å². The maximum atomic E-state index is 8.89. The van der Waals surface area contributed by atoms with Crippen LogP contribution in [0.4, 0.5) is 0 Å². The van der Waals surface area contributed by atoms with Crippen LogP contribution in [-0.4, -0.2) is 26.6 Å². The van der Waals surface area contributed by atoms with Crippen molar-refractivity contribution >= 4 is 40.5 Å². The van der Waals surface area contributed by atoms with Crippen LogP contribution in [0.2, 0.25) is 0 Å². The molecule has 6 nitrogen and oxygen atoms in total. The Morgan fingerprint density at radius 1 is 0.833 bits per heavy atom. The Balaban J connectivity index is -0.0000000457. The van der Waals surface area contributed by atoms with Crippen molar-refractivity contribution in [1.82, 2.24) is 0 Å². The molecule has 12 heavy (non-hydrogen) atoms. The summed E-state index contributed by atoms with van der Waals surface area (Å²) in [5.74, 6) is 0. The van der Waals surface area contributed by atoms with Gasteiger partial charge in [0.1, 0.15) is 0 Å². The first-order valence-corrected chi connectivity index (χ1v) is 6.00. The summed E-state index contributed by atoms with van der Waals surface area (Å²) in [5, 5.41) is 0. The van der Waals surface area contributed by atoms with Crippen LogP contribution in [0.15, 0.2) is 0 Å². The van der Waals surface area contributed by atoms with E-state index in [0.717, 1.165) is 0 Å². The van der Waals surface area contributed by atoms with E-state index < -0.39 is 18.1 Å². The van der Waals surface area contributed by atoms with Gasteiger partial charge in [-0.1, -0.05) is 0 Å². The second kappa shape index (κ2) is 9.16. The predicted octanol–water partition coefficient (Wildman–Crippen LogP) is -2.02. The first kappa shape index (κ1) is 23.4. The monoisotopic (exact) mass is 345 g/mol. The van der Waals surface area contributed by atoms with Gasteiger partial charge < -0.3 is 18.2 Å². The quantitative estimate of drug-likeness (QED) is 0.460. The largest absolute Gasteiger partial charge is 2.00 e. The van der Waals surface area contributed by atoms with Crippen LogP contribution in [0.25, 0.3) is 0 Å². The smallest absolute Gasteiger partial charge is 0.780 e. The minimum atomic E-state index is -4.33. The summed E-state index contributed by atoms with van der Waals surface area (Å²) in [6.07, 6.45) is 0. The van der Waals surface area contributed by atoms with E-state index in [-0.39, 0.29) is 33.6 Å². The topological polar surface area (TPSA) is 126 Å². The first-order valence-electron chi connectivity index (χ1n) is 1.33. The Morgan fingerprint density at radius 3 is 0.833 bits per heavy atom. The fourth-order valence-electron chi connectivity index (χ4n) is 0. The molecule has 0 heterocycles. The third kappa shape index (κ3) is 513. The van der Waals surface area contributed by atoms with Crippen molar-refractivity contribution in [3.8, 4) is 0 Å². The van der Waals surface area contributed by atoms with Gasteiger partial charge in [0.2, 0.25) is 0 Å². The molecule has 0 fully saturated rings. The molecule has 0 bridgehead atoms. The van der Waals surface area contributed by atoms with Gasteiger partial charge in [-0.2, -0.15) is 0 Å². The van der Waals surface area contributed by atoms with Crippen molar-refractivity contribution in [1.29, 1.82) is 0 Å². The van der Waals surface area contributed by atoms with Crippen LogP contribution in [0.3, 0.4) is 0 Å². The fraction of sp³-hybridized carbons (Fsp3) is 0. The third-order valence-corrected chi connectivity index (χ3v) is 0. The minimum Gasteiger partial charge on any atom is -0.780 e. The molecule has 0 spiro atoms. The Labute approximate surface area is 99.9 Å². The zero-order valence-corrected chi connectivity index (χ0v) is 9.90. The Morgan fingerprint density at radius 2 is 0.833 bits per heavy atom. The van der Waals surface area contributed by atoms with Gasteiger partial charge in [0.25, 0.3) is 0 Å². The molecule has 0 aromatic rings. The van der Waals surface area contributed by atoms with E-state index in [1.807, 2.05) is 0 Å². The van der Waals surface area contributed by atoms with Gasteiger partial charge in [-0.05, 0) is 22.4 Å². The Kier molecular flexibility index (Phi) is 17.9. The SMILES string of the molecule is O=S([O-])([O-])=S.O=S([O-])([O-])=S.[Cu+2].[Ni+2]. The normalized spacial score (nSPS) is 9.67. The average molecular weight is 347 g/mol. The van der Waals surface area contributed by atoms with E-state index in [2.05, 4.69) is 22.4 Å². The maximum Gasteiger partial charge on any atom is 2.00 e. The number of hydrogen-bond acceptors (Lipinski definition) is 8. The molecule has 0 saturated heterocycles. The summed E-state index contributed by atoms with van der Waals surface area (Å²) in [5.41, 5.74) is 0. The van der Waals surface area contributed by atoms with Crippen molar-refractivity contribution < 1.29 is 60.2 Å². The van der Waals surface area contributed by atoms with Gasteiger partial charge in [0, 0.05) is 0 Å². The van der Waals surface area contributed by atoms with Gasteiger partial charge in [0.15, 0.2) is 0 Å². The number of hydrogen-bond donors (Lipinski definition) is 0. The molecule has 0 aliphatic rings. The number of rotatable bonds is 0. The summed E-state index contributed by atoms with van der Waals surface area (Å²) in [6, 6.07) is 0. The van der Waals surface area contributed by atoms with E-state index in [9.17, 15) is 0 Å². The van der Waals surface area contributed by atoms with E-state index in [1.165, 1.54) is 0 Å². The van der Waals surface area contributed by atoms with Gasteiger partial charge in [-0.25, -0.2) is 0 Å². The van der Waals surface area contributed by atoms with Crippen LogP contribution < -0.4 is 0 Å². The third-order valence-electron chi connectivity index (χ3n) is 0. The molecular weight excluding hydrogens is 347 g/mol. The second-order valence-corrected chi connectivity index (χ2v) is 4.90. The molecule has 0 aromatic carbocycles. The predicted molar refractivity (Wildman–Crippen MR) is 34.1 cm³/mol. The zero-order valence-electron chi connectivity index (χ0n) is 4.70. The Hall–Kier alpha value is 1.59. The van der Waals surface area contributed by atoms with Gasteiger partial charge in [-0.3, -0.25) is 8.42 Å². The van der Waals surface area contributed by atoms with Gasteiger partial charge in [-0.15, -0.1) is 18.1 Å². The molecule has 1 radical (unpaired) electrons. The summed E-state index contributed by atoms with van der Waals surface area (Å²) >= 11 is 6.49. The van der Waals surface area contributed by atoms with Gasteiger partial charge in [0.05, 0.1) is 0 Å². The molecule has 0 atom stereocenters. The molecule has 0 aliphatic carbocycles. The summed E-state index contributed by atoms with van der Waals surface area (Å²) in [4.78, 5) is 0. The molecule has 81 valence electrons. The molecule has 0 aliphatic heterocycles. The molecule has 0 rings (SSSR count). The molecule has 0 N–H and O–H groups in total. The van der Waals surface area contributed by atoms with Crippen LogP contribution in [0, 0.1) is 0 Å². The van der Waals surface area contributed by atoms with Crippen molar-refractivity contribution in [2.45, 2.75) is 0 Å². The molecule has 0 unspecified atom stereocenters. The van der Waals surface area contributed by atoms with Gasteiger partial charge >= 0.3 is 33.6 Å². The minimum absolute atomic E-state index is 0. The van der Waals surface area contributed by atoms with Crippen LogP contribution >= 0.6 is 0 Å². The molecule has 0 aromatic heterocycles. The summed E-state index contributed by atoms with van der Waals surface area (Å²) in [7, 11) is -8.67. The maximum absolute atomic E-state index is 8.89. The second-order valence-electron chi connectivity index (χ2n) is 0.816. The summed E-state index contributed by atoms with van der Waals surface area (Å²) in [6.45, 7) is 0. The first-order chi connectivity index (χ1) is 4.00. The average Bonchev–Trinajstić information content (AvgIpc) is 1.12.